The Balaban J connectivity index is 1.74. The highest BCUT2D eigenvalue weighted by Gasteiger charge is 2.16. The molecule has 0 amide bonds. The van der Waals surface area contributed by atoms with E-state index < -0.39 is 10.0 Å². The predicted octanol–water partition coefficient (Wildman–Crippen LogP) is -0.523. The molecule has 2 rings (SSSR count). The summed E-state index contributed by atoms with van der Waals surface area (Å²) >= 11 is 0. The van der Waals surface area contributed by atoms with Gasteiger partial charge < -0.3 is 14.8 Å². The first-order valence-corrected chi connectivity index (χ1v) is 8.54. The molecular weight excluding hydrogens is 278 g/mol. The Bertz CT molecular complexity index is 508. The molecule has 0 bridgehead atoms. The van der Waals surface area contributed by atoms with Gasteiger partial charge in [-0.05, 0) is 19.9 Å². The normalized spacial score (nSPS) is 17.4. The van der Waals surface area contributed by atoms with Crippen molar-refractivity contribution < 1.29 is 8.42 Å². The van der Waals surface area contributed by atoms with E-state index >= 15 is 0 Å². The van der Waals surface area contributed by atoms with Crippen LogP contribution < -0.4 is 10.0 Å². The topological polar surface area (TPSA) is 79.3 Å². The number of rotatable bonds is 7. The van der Waals surface area contributed by atoms with Crippen LogP contribution >= 0.6 is 0 Å². The van der Waals surface area contributed by atoms with Gasteiger partial charge in [-0.25, -0.2) is 18.1 Å². The van der Waals surface area contributed by atoms with Crippen LogP contribution in [0.25, 0.3) is 0 Å². The van der Waals surface area contributed by atoms with E-state index in [-0.39, 0.29) is 5.03 Å². The molecule has 1 aliphatic heterocycles. The Morgan fingerprint density at radius 1 is 1.40 bits per heavy atom. The molecule has 1 saturated heterocycles. The Morgan fingerprint density at radius 2 is 2.15 bits per heavy atom. The Hall–Kier alpha value is -0.960. The highest BCUT2D eigenvalue weighted by atomic mass is 32.2. The van der Waals surface area contributed by atoms with Crippen molar-refractivity contribution in [2.75, 3.05) is 39.3 Å². The molecule has 0 aliphatic carbocycles. The fourth-order valence-electron chi connectivity index (χ4n) is 2.17. The minimum absolute atomic E-state index is 0.0986. The summed E-state index contributed by atoms with van der Waals surface area (Å²) in [5.41, 5.74) is 0. The molecule has 0 aromatic carbocycles. The fourth-order valence-corrected chi connectivity index (χ4v) is 3.19. The number of nitrogens with one attached hydrogen (secondary N) is 2. The second-order valence-corrected chi connectivity index (χ2v) is 6.60. The number of hydrogen-bond acceptors (Lipinski definition) is 5. The second kappa shape index (κ2) is 7.16. The van der Waals surface area contributed by atoms with Crippen LogP contribution in [-0.4, -0.2) is 62.1 Å². The molecule has 7 nitrogen and oxygen atoms in total. The number of sulfonamides is 1. The van der Waals surface area contributed by atoms with Gasteiger partial charge in [-0.2, -0.15) is 0 Å². The quantitative estimate of drug-likeness (QED) is 0.662. The SMILES string of the molecule is CCn1cnc(S(=O)(=O)NCCCN2CCNCC2)c1. The molecule has 0 spiro atoms. The van der Waals surface area contributed by atoms with Gasteiger partial charge >= 0.3 is 0 Å². The number of nitrogens with zero attached hydrogens (tertiary/aromatic N) is 3. The third-order valence-electron chi connectivity index (χ3n) is 3.40. The van der Waals surface area contributed by atoms with E-state index in [2.05, 4.69) is 19.9 Å². The van der Waals surface area contributed by atoms with E-state index in [9.17, 15) is 8.42 Å². The van der Waals surface area contributed by atoms with Crippen molar-refractivity contribution in [1.29, 1.82) is 0 Å². The summed E-state index contributed by atoms with van der Waals surface area (Å²) in [4.78, 5) is 6.26. The fraction of sp³-hybridized carbons (Fsp3) is 0.750. The Labute approximate surface area is 120 Å². The van der Waals surface area contributed by atoms with Gasteiger partial charge in [0.1, 0.15) is 0 Å². The minimum atomic E-state index is -3.47. The molecule has 1 fully saturated rings. The lowest BCUT2D eigenvalue weighted by Gasteiger charge is -2.26. The zero-order chi connectivity index (χ0) is 14.4. The summed E-state index contributed by atoms with van der Waals surface area (Å²) in [6.07, 6.45) is 3.90. The smallest absolute Gasteiger partial charge is 0.259 e. The first-order valence-electron chi connectivity index (χ1n) is 7.06. The van der Waals surface area contributed by atoms with Gasteiger partial charge in [0.2, 0.25) is 0 Å². The van der Waals surface area contributed by atoms with Crippen LogP contribution in [0, 0.1) is 0 Å². The van der Waals surface area contributed by atoms with Gasteiger partial charge in [0.15, 0.2) is 5.03 Å². The number of hydrogen-bond donors (Lipinski definition) is 2. The summed E-state index contributed by atoms with van der Waals surface area (Å²) in [6, 6.07) is 0. The number of piperazine rings is 1. The van der Waals surface area contributed by atoms with E-state index in [1.165, 1.54) is 6.33 Å². The van der Waals surface area contributed by atoms with Crippen molar-refractivity contribution in [1.82, 2.24) is 24.5 Å². The molecule has 0 saturated carbocycles. The van der Waals surface area contributed by atoms with E-state index in [1.54, 1.807) is 10.8 Å². The van der Waals surface area contributed by atoms with Crippen LogP contribution in [0.3, 0.4) is 0 Å². The molecule has 114 valence electrons. The summed E-state index contributed by atoms with van der Waals surface area (Å²) < 4.78 is 28.4. The molecule has 8 heteroatoms. The highest BCUT2D eigenvalue weighted by molar-refractivity contribution is 7.89. The minimum Gasteiger partial charge on any atom is -0.336 e. The van der Waals surface area contributed by atoms with E-state index in [4.69, 9.17) is 0 Å². The zero-order valence-corrected chi connectivity index (χ0v) is 12.7. The number of aromatic nitrogens is 2. The van der Waals surface area contributed by atoms with Crippen LogP contribution in [0.5, 0.6) is 0 Å². The maximum Gasteiger partial charge on any atom is 0.259 e. The van der Waals surface area contributed by atoms with Gasteiger partial charge in [0.25, 0.3) is 10.0 Å². The molecule has 20 heavy (non-hydrogen) atoms. The third kappa shape index (κ3) is 4.27. The van der Waals surface area contributed by atoms with Gasteiger partial charge in [-0.3, -0.25) is 0 Å². The molecule has 2 heterocycles. The monoisotopic (exact) mass is 301 g/mol. The molecule has 1 aliphatic rings. The maximum atomic E-state index is 12.0. The van der Waals surface area contributed by atoms with Crippen molar-refractivity contribution >= 4 is 10.0 Å². The number of imidazole rings is 1. The van der Waals surface area contributed by atoms with E-state index in [1.807, 2.05) is 6.92 Å². The first-order chi connectivity index (χ1) is 9.62. The summed E-state index contributed by atoms with van der Waals surface area (Å²) in [5, 5.41) is 3.39. The van der Waals surface area contributed by atoms with E-state index in [0.29, 0.717) is 13.1 Å². The van der Waals surface area contributed by atoms with Crippen LogP contribution in [0.15, 0.2) is 17.6 Å². The first kappa shape index (κ1) is 15.4. The summed E-state index contributed by atoms with van der Waals surface area (Å²) in [7, 11) is -3.47. The summed E-state index contributed by atoms with van der Waals surface area (Å²) in [6.45, 7) is 8.13. The van der Waals surface area contributed by atoms with Gasteiger partial charge in [0, 0.05) is 45.5 Å². The van der Waals surface area contributed by atoms with Crippen LogP contribution in [0.4, 0.5) is 0 Å². The predicted molar refractivity (Wildman–Crippen MR) is 77.0 cm³/mol. The van der Waals surface area contributed by atoms with Crippen molar-refractivity contribution in [3.8, 4) is 0 Å². The molecule has 0 unspecified atom stereocenters. The average molecular weight is 301 g/mol. The second-order valence-electron chi connectivity index (χ2n) is 4.89. The average Bonchev–Trinajstić information content (AvgIpc) is 2.95. The molecule has 0 radical (unpaired) electrons. The maximum absolute atomic E-state index is 12.0. The van der Waals surface area contributed by atoms with Crippen molar-refractivity contribution in [2.24, 2.45) is 0 Å². The highest BCUT2D eigenvalue weighted by Crippen LogP contribution is 2.05. The molecular formula is C12H23N5O2S. The number of aryl methyl sites for hydroxylation is 1. The van der Waals surface area contributed by atoms with Gasteiger partial charge in [-0.15, -0.1) is 0 Å². The van der Waals surface area contributed by atoms with Gasteiger partial charge in [0.05, 0.1) is 6.33 Å². The zero-order valence-electron chi connectivity index (χ0n) is 11.9. The molecule has 2 N–H and O–H groups in total. The molecule has 0 atom stereocenters. The third-order valence-corrected chi connectivity index (χ3v) is 4.75. The molecule has 1 aromatic heterocycles. The summed E-state index contributed by atoms with van der Waals surface area (Å²) in [5.74, 6) is 0. The van der Waals surface area contributed by atoms with Crippen LogP contribution in [0.1, 0.15) is 13.3 Å². The largest absolute Gasteiger partial charge is 0.336 e. The lowest BCUT2D eigenvalue weighted by atomic mass is 10.3. The standard InChI is InChI=1S/C12H23N5O2S/c1-2-16-10-12(14-11-16)20(18,19)15-4-3-7-17-8-5-13-6-9-17/h10-11,13,15H,2-9H2,1H3. The Kier molecular flexibility index (Phi) is 5.53. The van der Waals surface area contributed by atoms with Crippen molar-refractivity contribution in [3.05, 3.63) is 12.5 Å². The Morgan fingerprint density at radius 3 is 2.80 bits per heavy atom. The van der Waals surface area contributed by atoms with Crippen molar-refractivity contribution in [3.63, 3.8) is 0 Å². The molecule has 1 aromatic rings. The van der Waals surface area contributed by atoms with Crippen molar-refractivity contribution in [2.45, 2.75) is 24.9 Å². The van der Waals surface area contributed by atoms with Crippen LogP contribution in [-0.2, 0) is 16.6 Å². The van der Waals surface area contributed by atoms with Crippen LogP contribution in [0.2, 0.25) is 0 Å². The lowest BCUT2D eigenvalue weighted by molar-refractivity contribution is 0.239. The lowest BCUT2D eigenvalue weighted by Crippen LogP contribution is -2.44. The van der Waals surface area contributed by atoms with E-state index in [0.717, 1.165) is 39.1 Å². The van der Waals surface area contributed by atoms with Gasteiger partial charge in [-0.1, -0.05) is 0 Å².